The lowest BCUT2D eigenvalue weighted by Gasteiger charge is -2.16. The first-order valence-electron chi connectivity index (χ1n) is 6.89. The third-order valence-electron chi connectivity index (χ3n) is 3.13. The molecule has 0 bridgehead atoms. The highest BCUT2D eigenvalue weighted by Gasteiger charge is 2.21. The van der Waals surface area contributed by atoms with Crippen LogP contribution in [-0.2, 0) is 10.0 Å². The zero-order valence-corrected chi connectivity index (χ0v) is 13.7. The van der Waals surface area contributed by atoms with Crippen LogP contribution in [0.1, 0.15) is 37.0 Å². The molecule has 2 N–H and O–H groups in total. The largest absolute Gasteiger partial charge is 0.392 e. The van der Waals surface area contributed by atoms with Crippen LogP contribution in [0.5, 0.6) is 0 Å². The predicted octanol–water partition coefficient (Wildman–Crippen LogP) is 2.30. The number of hydrogen-bond acceptors (Lipinski definition) is 3. The topological polar surface area (TPSA) is 66.4 Å². The van der Waals surface area contributed by atoms with E-state index in [-0.39, 0.29) is 6.54 Å². The van der Waals surface area contributed by atoms with Gasteiger partial charge in [0.15, 0.2) is 0 Å². The van der Waals surface area contributed by atoms with Crippen LogP contribution in [0.3, 0.4) is 0 Å². The summed E-state index contributed by atoms with van der Waals surface area (Å²) in [4.78, 5) is 0.319. The first-order valence-corrected chi connectivity index (χ1v) is 8.37. The molecule has 0 radical (unpaired) electrons. The number of aliphatic hydroxyl groups is 1. The molecule has 1 atom stereocenters. The number of rotatable bonds is 6. The Bertz CT molecular complexity index is 541. The maximum atomic E-state index is 12.4. The van der Waals surface area contributed by atoms with Gasteiger partial charge in [-0.15, -0.1) is 0 Å². The van der Waals surface area contributed by atoms with Gasteiger partial charge in [0.1, 0.15) is 0 Å². The average molecular weight is 299 g/mol. The number of hydrogen-bond donors (Lipinski definition) is 2. The molecular formula is C15H25NO3S. The Morgan fingerprint density at radius 2 is 1.65 bits per heavy atom. The van der Waals surface area contributed by atoms with E-state index in [9.17, 15) is 13.5 Å². The molecule has 0 saturated heterocycles. The van der Waals surface area contributed by atoms with Crippen molar-refractivity contribution in [3.63, 3.8) is 0 Å². The summed E-state index contributed by atoms with van der Waals surface area (Å²) in [5.41, 5.74) is 2.50. The first kappa shape index (κ1) is 17.1. The van der Waals surface area contributed by atoms with Gasteiger partial charge in [-0.1, -0.05) is 31.5 Å². The van der Waals surface area contributed by atoms with Crippen molar-refractivity contribution in [2.45, 2.75) is 52.0 Å². The summed E-state index contributed by atoms with van der Waals surface area (Å²) in [5.74, 6) is 0.331. The van der Waals surface area contributed by atoms with Crippen molar-refractivity contribution in [1.29, 1.82) is 0 Å². The van der Waals surface area contributed by atoms with E-state index in [0.717, 1.165) is 16.7 Å². The van der Waals surface area contributed by atoms with Crippen LogP contribution in [0.4, 0.5) is 0 Å². The average Bonchev–Trinajstić information content (AvgIpc) is 2.23. The summed E-state index contributed by atoms with van der Waals surface area (Å²) in [6, 6.07) is 3.71. The van der Waals surface area contributed by atoms with Crippen LogP contribution in [-0.4, -0.2) is 26.2 Å². The van der Waals surface area contributed by atoms with Gasteiger partial charge in [0.2, 0.25) is 10.0 Å². The Morgan fingerprint density at radius 3 is 2.10 bits per heavy atom. The zero-order chi connectivity index (χ0) is 15.5. The molecule has 0 spiro atoms. The molecule has 0 heterocycles. The van der Waals surface area contributed by atoms with Gasteiger partial charge in [-0.25, -0.2) is 13.1 Å². The first-order chi connectivity index (χ1) is 9.13. The minimum atomic E-state index is -3.58. The van der Waals surface area contributed by atoms with Crippen molar-refractivity contribution in [3.05, 3.63) is 28.8 Å². The molecule has 0 aliphatic carbocycles. The summed E-state index contributed by atoms with van der Waals surface area (Å²) in [7, 11) is -3.58. The van der Waals surface area contributed by atoms with Crippen molar-refractivity contribution < 1.29 is 13.5 Å². The van der Waals surface area contributed by atoms with Crippen LogP contribution in [0, 0.1) is 26.7 Å². The van der Waals surface area contributed by atoms with E-state index in [4.69, 9.17) is 0 Å². The lowest BCUT2D eigenvalue weighted by Crippen LogP contribution is -2.33. The van der Waals surface area contributed by atoms with E-state index >= 15 is 0 Å². The van der Waals surface area contributed by atoms with E-state index in [1.54, 1.807) is 13.8 Å². The van der Waals surface area contributed by atoms with Gasteiger partial charge >= 0.3 is 0 Å². The Balaban J connectivity index is 2.90. The van der Waals surface area contributed by atoms with Gasteiger partial charge in [0.05, 0.1) is 11.0 Å². The molecule has 0 aromatic heterocycles. The number of sulfonamides is 1. The molecule has 5 heteroatoms. The molecule has 0 aliphatic heterocycles. The van der Waals surface area contributed by atoms with E-state index in [1.165, 1.54) is 0 Å². The number of benzene rings is 1. The summed E-state index contributed by atoms with van der Waals surface area (Å²) in [5, 5.41) is 9.79. The molecule has 1 aromatic rings. The summed E-state index contributed by atoms with van der Waals surface area (Å²) >= 11 is 0. The molecule has 0 aliphatic rings. The fourth-order valence-electron chi connectivity index (χ4n) is 2.50. The molecule has 4 nitrogen and oxygen atoms in total. The van der Waals surface area contributed by atoms with Crippen molar-refractivity contribution in [2.24, 2.45) is 5.92 Å². The third kappa shape index (κ3) is 4.58. The van der Waals surface area contributed by atoms with Crippen LogP contribution in [0.2, 0.25) is 0 Å². The van der Waals surface area contributed by atoms with Gasteiger partial charge in [-0.05, 0) is 44.2 Å². The molecule has 114 valence electrons. The zero-order valence-electron chi connectivity index (χ0n) is 12.9. The lowest BCUT2D eigenvalue weighted by atomic mass is 10.1. The quantitative estimate of drug-likeness (QED) is 0.847. The smallest absolute Gasteiger partial charge is 0.241 e. The predicted molar refractivity (Wildman–Crippen MR) is 81.3 cm³/mol. The maximum absolute atomic E-state index is 12.4. The summed E-state index contributed by atoms with van der Waals surface area (Å²) in [6.45, 7) is 9.56. The molecule has 0 amide bonds. The Morgan fingerprint density at radius 1 is 1.15 bits per heavy atom. The van der Waals surface area contributed by atoms with Crippen molar-refractivity contribution in [1.82, 2.24) is 4.72 Å². The third-order valence-corrected chi connectivity index (χ3v) is 4.85. The fourth-order valence-corrected chi connectivity index (χ4v) is 4.02. The Labute approximate surface area is 122 Å². The molecule has 1 aromatic carbocycles. The van der Waals surface area contributed by atoms with Gasteiger partial charge in [-0.2, -0.15) is 0 Å². The SMILES string of the molecule is Cc1cc(C)c(S(=O)(=O)NCC(O)CC(C)C)c(C)c1. The van der Waals surface area contributed by atoms with Gasteiger partial charge < -0.3 is 5.11 Å². The lowest BCUT2D eigenvalue weighted by molar-refractivity contribution is 0.152. The van der Waals surface area contributed by atoms with E-state index < -0.39 is 16.1 Å². The van der Waals surface area contributed by atoms with Crippen molar-refractivity contribution >= 4 is 10.0 Å². The van der Waals surface area contributed by atoms with E-state index in [2.05, 4.69) is 4.72 Å². The van der Waals surface area contributed by atoms with Crippen LogP contribution >= 0.6 is 0 Å². The highest BCUT2D eigenvalue weighted by Crippen LogP contribution is 2.21. The van der Waals surface area contributed by atoms with Crippen molar-refractivity contribution in [3.8, 4) is 0 Å². The number of aliphatic hydroxyl groups excluding tert-OH is 1. The molecule has 0 saturated carbocycles. The minimum absolute atomic E-state index is 0.0489. The summed E-state index contributed by atoms with van der Waals surface area (Å²) in [6.07, 6.45) is -0.0789. The highest BCUT2D eigenvalue weighted by molar-refractivity contribution is 7.89. The van der Waals surface area contributed by atoms with E-state index in [0.29, 0.717) is 17.2 Å². The number of nitrogens with one attached hydrogen (secondary N) is 1. The Kier molecular flexibility index (Phi) is 5.74. The molecule has 1 unspecified atom stereocenters. The van der Waals surface area contributed by atoms with Crippen LogP contribution in [0.15, 0.2) is 17.0 Å². The van der Waals surface area contributed by atoms with Gasteiger partial charge in [0, 0.05) is 6.54 Å². The second-order valence-corrected chi connectivity index (χ2v) is 7.57. The van der Waals surface area contributed by atoms with Crippen LogP contribution < -0.4 is 4.72 Å². The number of aryl methyl sites for hydroxylation is 3. The molecule has 20 heavy (non-hydrogen) atoms. The fraction of sp³-hybridized carbons (Fsp3) is 0.600. The minimum Gasteiger partial charge on any atom is -0.392 e. The highest BCUT2D eigenvalue weighted by atomic mass is 32.2. The monoisotopic (exact) mass is 299 g/mol. The van der Waals surface area contributed by atoms with E-state index in [1.807, 2.05) is 32.9 Å². The van der Waals surface area contributed by atoms with Gasteiger partial charge in [0.25, 0.3) is 0 Å². The Hall–Kier alpha value is -0.910. The van der Waals surface area contributed by atoms with Crippen molar-refractivity contribution in [2.75, 3.05) is 6.54 Å². The molecular weight excluding hydrogens is 274 g/mol. The normalized spacial score (nSPS) is 13.8. The maximum Gasteiger partial charge on any atom is 0.241 e. The standard InChI is InChI=1S/C15H25NO3S/c1-10(2)6-14(17)9-16-20(18,19)15-12(4)7-11(3)8-13(15)5/h7-8,10,14,16-17H,6,9H2,1-5H3. The molecule has 1 rings (SSSR count). The van der Waals surface area contributed by atoms with Crippen LogP contribution in [0.25, 0.3) is 0 Å². The second kappa shape index (κ2) is 6.70. The molecule has 0 fully saturated rings. The summed E-state index contributed by atoms with van der Waals surface area (Å²) < 4.78 is 27.2. The van der Waals surface area contributed by atoms with Gasteiger partial charge in [-0.3, -0.25) is 0 Å². The second-order valence-electron chi connectivity index (χ2n) is 5.86.